The Kier molecular flexibility index (Phi) is 31.5. The molecule has 0 N–H and O–H groups in total. The van der Waals surface area contributed by atoms with E-state index in [1.54, 1.807) is 0 Å². The fourth-order valence-corrected chi connectivity index (χ4v) is 5.40. The van der Waals surface area contributed by atoms with Crippen molar-refractivity contribution in [3.8, 4) is 0 Å². The van der Waals surface area contributed by atoms with E-state index in [-0.39, 0.29) is 5.97 Å². The van der Waals surface area contributed by atoms with Crippen molar-refractivity contribution in [1.82, 2.24) is 0 Å². The van der Waals surface area contributed by atoms with Crippen molar-refractivity contribution in [2.24, 2.45) is 11.8 Å². The summed E-state index contributed by atoms with van der Waals surface area (Å²) in [6.45, 7) is 9.84. The third-order valence-corrected chi connectivity index (χ3v) is 8.07. The minimum absolute atomic E-state index is 0.195. The number of carbonyl (C=O) groups excluding carboxylic acids is 1. The summed E-state index contributed by atoms with van der Waals surface area (Å²) in [7, 11) is 0. The summed E-state index contributed by atoms with van der Waals surface area (Å²) >= 11 is 0. The summed E-state index contributed by atoms with van der Waals surface area (Å²) < 4.78 is 0. The number of carbonyl (C=O) groups is 1. The van der Waals surface area contributed by atoms with Gasteiger partial charge in [0.25, 0.3) is 0 Å². The molecule has 0 bridgehead atoms. The Hall–Kier alpha value is -0.570. The zero-order valence-corrected chi connectivity index (χ0v) is 27.4. The first-order valence-corrected chi connectivity index (χ1v) is 17.8. The molecule has 0 heterocycles. The monoisotopic (exact) mass is 553 g/mol. The van der Waals surface area contributed by atoms with E-state index < -0.39 is 0 Å². The van der Waals surface area contributed by atoms with Crippen LogP contribution < -0.4 is 0 Å². The maximum absolute atomic E-state index is 11.8. The van der Waals surface area contributed by atoms with Crippen LogP contribution in [0.3, 0.4) is 0 Å². The van der Waals surface area contributed by atoms with Crippen LogP contribution in [0.25, 0.3) is 0 Å². The minimum Gasteiger partial charge on any atom is -0.298 e. The summed E-state index contributed by atoms with van der Waals surface area (Å²) in [5.41, 5.74) is 0. The Morgan fingerprint density at radius 2 is 0.692 bits per heavy atom. The molecule has 0 amide bonds. The highest BCUT2D eigenvalue weighted by Gasteiger charge is 2.04. The van der Waals surface area contributed by atoms with Crippen LogP contribution in [0.4, 0.5) is 0 Å². The second kappa shape index (κ2) is 32.0. The van der Waals surface area contributed by atoms with Gasteiger partial charge in [-0.1, -0.05) is 188 Å². The smallest absolute Gasteiger partial charge is 0.298 e. The maximum atomic E-state index is 11.8. The lowest BCUT2D eigenvalue weighted by molar-refractivity contribution is -0.272. The van der Waals surface area contributed by atoms with Crippen LogP contribution in [-0.2, 0) is 14.6 Å². The average Bonchev–Trinajstić information content (AvgIpc) is 2.90. The molecule has 0 atom stereocenters. The molecule has 0 saturated carbocycles. The zero-order valence-electron chi connectivity index (χ0n) is 27.4. The molecule has 0 radical (unpaired) electrons. The van der Waals surface area contributed by atoms with Crippen molar-refractivity contribution in [3.63, 3.8) is 0 Å². The summed E-state index contributed by atoms with van der Waals surface area (Å²) in [6.07, 6.45) is 36.6. The molecule has 0 aliphatic heterocycles. The van der Waals surface area contributed by atoms with E-state index in [1.807, 2.05) is 0 Å². The molecule has 0 rings (SSSR count). The third-order valence-electron chi connectivity index (χ3n) is 8.07. The van der Waals surface area contributed by atoms with Gasteiger partial charge in [0.1, 0.15) is 0 Å². The molecule has 0 aliphatic carbocycles. The van der Waals surface area contributed by atoms with Crippen LogP contribution in [0.15, 0.2) is 0 Å². The van der Waals surface area contributed by atoms with Gasteiger partial charge in [0, 0.05) is 6.42 Å². The van der Waals surface area contributed by atoms with E-state index in [4.69, 9.17) is 9.78 Å². The van der Waals surface area contributed by atoms with E-state index >= 15 is 0 Å². The van der Waals surface area contributed by atoms with Crippen LogP contribution in [0.2, 0.25) is 0 Å². The SMILES string of the molecule is CC(C)CCCCCCCCCCCCCCCOOC(=O)CCCCCCCCCCCCCCC(C)C. The van der Waals surface area contributed by atoms with Gasteiger partial charge in [0.15, 0.2) is 0 Å². The van der Waals surface area contributed by atoms with Crippen LogP contribution >= 0.6 is 0 Å². The number of hydrogen-bond acceptors (Lipinski definition) is 3. The minimum atomic E-state index is -0.195. The molecule has 0 unspecified atom stereocenters. The molecule has 0 aromatic carbocycles. The van der Waals surface area contributed by atoms with Crippen LogP contribution in [-0.4, -0.2) is 12.6 Å². The van der Waals surface area contributed by atoms with Crippen LogP contribution in [0.1, 0.15) is 207 Å². The molecule has 39 heavy (non-hydrogen) atoms. The highest BCUT2D eigenvalue weighted by Crippen LogP contribution is 2.16. The fraction of sp³-hybridized carbons (Fsp3) is 0.972. The molecule has 0 aromatic heterocycles. The Morgan fingerprint density at radius 3 is 1.03 bits per heavy atom. The molecular weight excluding hydrogens is 480 g/mol. The molecule has 3 nitrogen and oxygen atoms in total. The van der Waals surface area contributed by atoms with Gasteiger partial charge >= 0.3 is 5.97 Å². The van der Waals surface area contributed by atoms with Crippen molar-refractivity contribution < 1.29 is 14.6 Å². The van der Waals surface area contributed by atoms with E-state index in [0.29, 0.717) is 13.0 Å². The molecule has 0 aliphatic rings. The normalized spacial score (nSPS) is 11.6. The summed E-state index contributed by atoms with van der Waals surface area (Å²) in [6, 6.07) is 0. The summed E-state index contributed by atoms with van der Waals surface area (Å²) in [4.78, 5) is 21.9. The van der Waals surface area contributed by atoms with Crippen molar-refractivity contribution in [3.05, 3.63) is 0 Å². The van der Waals surface area contributed by atoms with Crippen molar-refractivity contribution in [2.45, 2.75) is 207 Å². The van der Waals surface area contributed by atoms with Gasteiger partial charge in [-0.3, -0.25) is 4.89 Å². The Balaban J connectivity index is 3.16. The van der Waals surface area contributed by atoms with E-state index in [9.17, 15) is 4.79 Å². The van der Waals surface area contributed by atoms with Crippen LogP contribution in [0, 0.1) is 11.8 Å². The largest absolute Gasteiger partial charge is 0.342 e. The number of unbranched alkanes of at least 4 members (excludes halogenated alkanes) is 23. The van der Waals surface area contributed by atoms with E-state index in [1.165, 1.54) is 154 Å². The van der Waals surface area contributed by atoms with E-state index in [2.05, 4.69) is 27.7 Å². The molecule has 3 heteroatoms. The van der Waals surface area contributed by atoms with Gasteiger partial charge in [0.2, 0.25) is 0 Å². The zero-order chi connectivity index (χ0) is 28.7. The fourth-order valence-electron chi connectivity index (χ4n) is 5.40. The molecule has 0 saturated heterocycles. The first kappa shape index (κ1) is 38.4. The van der Waals surface area contributed by atoms with Crippen molar-refractivity contribution >= 4 is 5.97 Å². The standard InChI is InChI=1S/C36H72O3/c1-34(2)30-26-22-18-14-10-6-5-9-13-17-21-25-29-33-38-39-36(37)32-28-24-20-16-12-8-7-11-15-19-23-27-31-35(3)4/h34-35H,5-33H2,1-4H3. The summed E-state index contributed by atoms with van der Waals surface area (Å²) in [5, 5.41) is 0. The highest BCUT2D eigenvalue weighted by molar-refractivity contribution is 5.68. The molecule has 0 spiro atoms. The van der Waals surface area contributed by atoms with Gasteiger partial charge in [-0.15, -0.1) is 0 Å². The van der Waals surface area contributed by atoms with E-state index in [0.717, 1.165) is 31.1 Å². The molecular formula is C36H72O3. The predicted octanol–water partition coefficient (Wildman–Crippen LogP) is 12.7. The lowest BCUT2D eigenvalue weighted by Gasteiger charge is -2.05. The Morgan fingerprint density at radius 1 is 0.410 bits per heavy atom. The number of hydrogen-bond donors (Lipinski definition) is 0. The first-order valence-electron chi connectivity index (χ1n) is 17.8. The molecule has 0 aromatic rings. The topological polar surface area (TPSA) is 35.5 Å². The number of rotatable bonds is 32. The predicted molar refractivity (Wildman–Crippen MR) is 171 cm³/mol. The van der Waals surface area contributed by atoms with Crippen molar-refractivity contribution in [2.75, 3.05) is 6.61 Å². The third kappa shape index (κ3) is 35.4. The van der Waals surface area contributed by atoms with Gasteiger partial charge in [-0.2, -0.15) is 4.89 Å². The lowest BCUT2D eigenvalue weighted by Crippen LogP contribution is -2.06. The second-order valence-electron chi connectivity index (χ2n) is 13.2. The van der Waals surface area contributed by atoms with Gasteiger partial charge < -0.3 is 0 Å². The summed E-state index contributed by atoms with van der Waals surface area (Å²) in [5.74, 6) is 1.54. The first-order chi connectivity index (χ1) is 19.0. The van der Waals surface area contributed by atoms with Crippen molar-refractivity contribution in [1.29, 1.82) is 0 Å². The second-order valence-corrected chi connectivity index (χ2v) is 13.2. The lowest BCUT2D eigenvalue weighted by atomic mass is 10.0. The van der Waals surface area contributed by atoms with Gasteiger partial charge in [-0.05, 0) is 24.7 Å². The quantitative estimate of drug-likeness (QED) is 0.0473. The van der Waals surface area contributed by atoms with Gasteiger partial charge in [-0.25, -0.2) is 4.79 Å². The molecule has 0 fully saturated rings. The Bertz CT molecular complexity index is 474. The average molecular weight is 553 g/mol. The van der Waals surface area contributed by atoms with Crippen LogP contribution in [0.5, 0.6) is 0 Å². The Labute approximate surface area is 246 Å². The highest BCUT2D eigenvalue weighted by atomic mass is 17.2. The van der Waals surface area contributed by atoms with Gasteiger partial charge in [0.05, 0.1) is 6.61 Å². The maximum Gasteiger partial charge on any atom is 0.342 e. The molecule has 234 valence electrons.